The molecule has 4 aliphatic rings. The first-order valence-electron chi connectivity index (χ1n) is 11.6. The number of halogens is 1. The molecule has 0 saturated heterocycles. The molecule has 0 aromatic heterocycles. The number of carboxylic acids is 1. The van der Waals surface area contributed by atoms with Crippen LogP contribution in [0.3, 0.4) is 0 Å². The summed E-state index contributed by atoms with van der Waals surface area (Å²) in [5, 5.41) is 9.11. The maximum absolute atomic E-state index is 13.9. The molecule has 158 valence electrons. The first-order chi connectivity index (χ1) is 13.2. The fraction of sp³-hybridized carbons (Fsp3) is 0.917. The van der Waals surface area contributed by atoms with Crippen molar-refractivity contribution >= 4 is 27.7 Å². The quantitative estimate of drug-likeness (QED) is 0.524. The molecule has 0 aliphatic heterocycles. The highest BCUT2D eigenvalue weighted by molar-refractivity contribution is 9.10. The van der Waals surface area contributed by atoms with Crippen molar-refractivity contribution in [2.75, 3.05) is 0 Å². The van der Waals surface area contributed by atoms with Crippen LogP contribution in [-0.4, -0.2) is 21.7 Å². The Morgan fingerprint density at radius 2 is 1.93 bits per heavy atom. The Kier molecular flexibility index (Phi) is 5.51. The van der Waals surface area contributed by atoms with Crippen LogP contribution < -0.4 is 0 Å². The number of ketones is 1. The third kappa shape index (κ3) is 2.94. The van der Waals surface area contributed by atoms with E-state index in [9.17, 15) is 9.59 Å². The molecule has 0 aromatic carbocycles. The molecule has 4 fully saturated rings. The molecular formula is C24H37BrO3. The van der Waals surface area contributed by atoms with Crippen molar-refractivity contribution < 1.29 is 14.7 Å². The number of carbonyl (C=O) groups is 2. The summed E-state index contributed by atoms with van der Waals surface area (Å²) in [7, 11) is 0. The molecule has 0 amide bonds. The summed E-state index contributed by atoms with van der Waals surface area (Å²) in [5.41, 5.74) is 0.0461. The standard InChI is InChI=1S/C24H37BrO3/c1-14(7-12-19(26)27)17-10-11-18-16-9-8-15-6-4-5-13-23(15,2)20(16)21(25)22(28)24(17,18)3/h14-18,20-21H,4-13H2,1-3H3,(H,26,27). The molecule has 4 rings (SSSR count). The Morgan fingerprint density at radius 1 is 1.18 bits per heavy atom. The maximum atomic E-state index is 13.9. The molecule has 4 aliphatic carbocycles. The first-order valence-corrected chi connectivity index (χ1v) is 12.5. The Labute approximate surface area is 178 Å². The van der Waals surface area contributed by atoms with Crippen LogP contribution >= 0.6 is 15.9 Å². The second-order valence-corrected chi connectivity index (χ2v) is 12.0. The zero-order valence-electron chi connectivity index (χ0n) is 17.8. The molecule has 28 heavy (non-hydrogen) atoms. The van der Waals surface area contributed by atoms with E-state index < -0.39 is 5.97 Å². The van der Waals surface area contributed by atoms with Crippen molar-refractivity contribution in [1.82, 2.24) is 0 Å². The zero-order chi connectivity index (χ0) is 20.3. The number of hydrogen-bond acceptors (Lipinski definition) is 2. The van der Waals surface area contributed by atoms with Gasteiger partial charge in [0.25, 0.3) is 0 Å². The topological polar surface area (TPSA) is 54.4 Å². The van der Waals surface area contributed by atoms with Gasteiger partial charge in [0, 0.05) is 11.8 Å². The van der Waals surface area contributed by atoms with Crippen LogP contribution in [0.4, 0.5) is 0 Å². The molecule has 0 spiro atoms. The van der Waals surface area contributed by atoms with Gasteiger partial charge in [-0.25, -0.2) is 0 Å². The number of fused-ring (bicyclic) bond motifs is 5. The number of carboxylic acid groups (broad SMARTS) is 1. The first kappa shape index (κ1) is 20.9. The number of aliphatic carboxylic acids is 1. The Hall–Kier alpha value is -0.380. The number of carbonyl (C=O) groups excluding carboxylic acids is 1. The number of Topliss-reactive ketones (excluding diaryl/α,β-unsaturated/α-hetero) is 1. The average molecular weight is 453 g/mol. The van der Waals surface area contributed by atoms with Gasteiger partial charge in [-0.05, 0) is 85.9 Å². The summed E-state index contributed by atoms with van der Waals surface area (Å²) in [6.07, 6.45) is 11.1. The van der Waals surface area contributed by atoms with Gasteiger partial charge in [0.15, 0.2) is 5.78 Å². The number of alkyl halides is 1. The van der Waals surface area contributed by atoms with Crippen LogP contribution in [0, 0.1) is 46.3 Å². The van der Waals surface area contributed by atoms with Crippen molar-refractivity contribution in [2.45, 2.75) is 89.8 Å². The number of rotatable bonds is 4. The summed E-state index contributed by atoms with van der Waals surface area (Å²) in [4.78, 5) is 25.0. The summed E-state index contributed by atoms with van der Waals surface area (Å²) in [5.74, 6) is 2.80. The lowest BCUT2D eigenvalue weighted by molar-refractivity contribution is -0.155. The van der Waals surface area contributed by atoms with Crippen molar-refractivity contribution in [3.8, 4) is 0 Å². The van der Waals surface area contributed by atoms with Gasteiger partial charge in [-0.2, -0.15) is 0 Å². The minimum Gasteiger partial charge on any atom is -0.481 e. The molecular weight excluding hydrogens is 416 g/mol. The molecule has 4 saturated carbocycles. The normalized spacial score (nSPS) is 49.1. The molecule has 3 nitrogen and oxygen atoms in total. The molecule has 9 atom stereocenters. The van der Waals surface area contributed by atoms with E-state index in [-0.39, 0.29) is 16.7 Å². The fourth-order valence-corrected chi connectivity index (χ4v) is 10.0. The lowest BCUT2D eigenvalue weighted by Gasteiger charge is -2.61. The van der Waals surface area contributed by atoms with Crippen LogP contribution in [0.1, 0.15) is 85.0 Å². The molecule has 0 aromatic rings. The third-order valence-electron chi connectivity index (χ3n) is 9.97. The summed E-state index contributed by atoms with van der Waals surface area (Å²) >= 11 is 3.96. The van der Waals surface area contributed by atoms with Gasteiger partial charge < -0.3 is 5.11 Å². The SMILES string of the molecule is CC(CCC(=O)O)C1CCC2C3CCC4CCCCC4(C)C3C(Br)C(=O)C12C. The second kappa shape index (κ2) is 7.39. The highest BCUT2D eigenvalue weighted by Crippen LogP contribution is 2.68. The van der Waals surface area contributed by atoms with Crippen LogP contribution in [0.5, 0.6) is 0 Å². The van der Waals surface area contributed by atoms with Gasteiger partial charge in [-0.1, -0.05) is 49.5 Å². The smallest absolute Gasteiger partial charge is 0.303 e. The van der Waals surface area contributed by atoms with Crippen LogP contribution in [0.15, 0.2) is 0 Å². The van der Waals surface area contributed by atoms with E-state index in [0.717, 1.165) is 18.8 Å². The molecule has 0 bridgehead atoms. The minimum absolute atomic E-state index is 0.0167. The van der Waals surface area contributed by atoms with Gasteiger partial charge >= 0.3 is 5.97 Å². The zero-order valence-corrected chi connectivity index (χ0v) is 19.3. The third-order valence-corrected chi connectivity index (χ3v) is 11.0. The highest BCUT2D eigenvalue weighted by Gasteiger charge is 2.66. The van der Waals surface area contributed by atoms with E-state index in [0.29, 0.717) is 47.2 Å². The number of hydrogen-bond donors (Lipinski definition) is 1. The Bertz CT molecular complexity index is 648. The largest absolute Gasteiger partial charge is 0.481 e. The lowest BCUT2D eigenvalue weighted by atomic mass is 9.44. The van der Waals surface area contributed by atoms with E-state index in [1.165, 1.54) is 38.5 Å². The van der Waals surface area contributed by atoms with E-state index in [2.05, 4.69) is 36.7 Å². The molecule has 1 N–H and O–H groups in total. The predicted octanol–water partition coefficient (Wildman–Crippen LogP) is 6.09. The highest BCUT2D eigenvalue weighted by atomic mass is 79.9. The van der Waals surface area contributed by atoms with Crippen molar-refractivity contribution in [3.05, 3.63) is 0 Å². The predicted molar refractivity (Wildman–Crippen MR) is 114 cm³/mol. The van der Waals surface area contributed by atoms with Crippen LogP contribution in [0.25, 0.3) is 0 Å². The minimum atomic E-state index is -0.719. The summed E-state index contributed by atoms with van der Waals surface area (Å²) in [6.45, 7) is 6.93. The fourth-order valence-electron chi connectivity index (χ4n) is 8.55. The summed E-state index contributed by atoms with van der Waals surface area (Å²) in [6, 6.07) is 0. The Morgan fingerprint density at radius 3 is 2.64 bits per heavy atom. The molecule has 4 heteroatoms. The van der Waals surface area contributed by atoms with Gasteiger partial charge in [0.05, 0.1) is 4.83 Å². The van der Waals surface area contributed by atoms with Crippen molar-refractivity contribution in [1.29, 1.82) is 0 Å². The second-order valence-electron chi connectivity index (χ2n) is 11.0. The van der Waals surface area contributed by atoms with Crippen molar-refractivity contribution in [2.24, 2.45) is 46.3 Å². The molecule has 0 heterocycles. The maximum Gasteiger partial charge on any atom is 0.303 e. The molecule has 0 radical (unpaired) electrons. The van der Waals surface area contributed by atoms with E-state index >= 15 is 0 Å². The van der Waals surface area contributed by atoms with E-state index in [4.69, 9.17) is 5.11 Å². The average Bonchev–Trinajstić information content (AvgIpc) is 3.01. The van der Waals surface area contributed by atoms with Crippen molar-refractivity contribution in [3.63, 3.8) is 0 Å². The molecule has 9 unspecified atom stereocenters. The van der Waals surface area contributed by atoms with Crippen LogP contribution in [0.2, 0.25) is 0 Å². The van der Waals surface area contributed by atoms with E-state index in [1.807, 2.05) is 0 Å². The van der Waals surface area contributed by atoms with Crippen LogP contribution in [-0.2, 0) is 9.59 Å². The lowest BCUT2D eigenvalue weighted by Crippen LogP contribution is -2.61. The monoisotopic (exact) mass is 452 g/mol. The Balaban J connectivity index is 1.63. The van der Waals surface area contributed by atoms with E-state index in [1.54, 1.807) is 0 Å². The van der Waals surface area contributed by atoms with Gasteiger partial charge in [0.1, 0.15) is 0 Å². The van der Waals surface area contributed by atoms with Gasteiger partial charge in [-0.3, -0.25) is 9.59 Å². The van der Waals surface area contributed by atoms with Gasteiger partial charge in [0.2, 0.25) is 0 Å². The summed E-state index contributed by atoms with van der Waals surface area (Å²) < 4.78 is 0. The van der Waals surface area contributed by atoms with Gasteiger partial charge in [-0.15, -0.1) is 0 Å².